The zero-order chi connectivity index (χ0) is 14.6. The first kappa shape index (κ1) is 15.8. The molecule has 0 aromatic carbocycles. The minimum absolute atomic E-state index is 0.213. The summed E-state index contributed by atoms with van der Waals surface area (Å²) in [6.45, 7) is 7.40. The van der Waals surface area contributed by atoms with Crippen LogP contribution in [0.4, 0.5) is 0 Å². The Balaban J connectivity index is 1.93. The van der Waals surface area contributed by atoms with Crippen LogP contribution in [0.15, 0.2) is 0 Å². The summed E-state index contributed by atoms with van der Waals surface area (Å²) < 4.78 is 0. The molecule has 2 rings (SSSR count). The second kappa shape index (κ2) is 6.90. The van der Waals surface area contributed by atoms with Crippen LogP contribution in [0.2, 0.25) is 0 Å². The third-order valence-corrected chi connectivity index (χ3v) is 4.67. The maximum atomic E-state index is 12.5. The topological polar surface area (TPSA) is 43.8 Å². The van der Waals surface area contributed by atoms with Crippen molar-refractivity contribution < 1.29 is 9.90 Å². The van der Waals surface area contributed by atoms with Crippen molar-refractivity contribution in [1.82, 2.24) is 9.80 Å². The number of hydrogen-bond donors (Lipinski definition) is 1. The molecule has 0 aromatic rings. The lowest BCUT2D eigenvalue weighted by molar-refractivity contribution is -0.134. The monoisotopic (exact) mass is 282 g/mol. The van der Waals surface area contributed by atoms with Gasteiger partial charge in [0.05, 0.1) is 12.1 Å². The molecule has 1 aliphatic carbocycles. The lowest BCUT2D eigenvalue weighted by Crippen LogP contribution is -2.52. The highest BCUT2D eigenvalue weighted by molar-refractivity contribution is 5.78. The molecule has 0 bridgehead atoms. The summed E-state index contributed by atoms with van der Waals surface area (Å²) in [6.07, 6.45) is 7.24. The van der Waals surface area contributed by atoms with Gasteiger partial charge in [0.15, 0.2) is 0 Å². The van der Waals surface area contributed by atoms with Gasteiger partial charge in [-0.2, -0.15) is 0 Å². The normalized spacial score (nSPS) is 25.4. The number of rotatable bonds is 7. The average Bonchev–Trinajstić information content (AvgIpc) is 3.18. The minimum Gasteiger partial charge on any atom is -0.388 e. The number of carbonyl (C=O) groups is 1. The zero-order valence-electron chi connectivity index (χ0n) is 13.1. The van der Waals surface area contributed by atoms with Crippen molar-refractivity contribution in [2.75, 3.05) is 26.2 Å². The van der Waals surface area contributed by atoms with Gasteiger partial charge in [-0.05, 0) is 45.1 Å². The van der Waals surface area contributed by atoms with Crippen LogP contribution in [-0.2, 0) is 4.79 Å². The molecule has 2 aliphatic rings. The van der Waals surface area contributed by atoms with E-state index in [0.29, 0.717) is 6.54 Å². The van der Waals surface area contributed by atoms with Crippen molar-refractivity contribution >= 4 is 5.91 Å². The molecule has 4 heteroatoms. The van der Waals surface area contributed by atoms with Gasteiger partial charge in [-0.15, -0.1) is 0 Å². The SMILES string of the molecule is CCCN(CCC)C(=O)CN1CCCCC1C1(O)CC1. The minimum atomic E-state index is -0.485. The summed E-state index contributed by atoms with van der Waals surface area (Å²) in [5, 5.41) is 10.4. The van der Waals surface area contributed by atoms with Gasteiger partial charge >= 0.3 is 0 Å². The van der Waals surface area contributed by atoms with Gasteiger partial charge in [0.2, 0.25) is 5.91 Å². The molecule has 1 saturated heterocycles. The second-order valence-corrected chi connectivity index (χ2v) is 6.47. The van der Waals surface area contributed by atoms with Gasteiger partial charge in [0.25, 0.3) is 0 Å². The van der Waals surface area contributed by atoms with Crippen LogP contribution < -0.4 is 0 Å². The molecule has 2 fully saturated rings. The quantitative estimate of drug-likeness (QED) is 0.777. The molecule has 1 aliphatic heterocycles. The lowest BCUT2D eigenvalue weighted by Gasteiger charge is -2.39. The Morgan fingerprint density at radius 1 is 1.25 bits per heavy atom. The molecule has 1 amide bonds. The highest BCUT2D eigenvalue weighted by atomic mass is 16.3. The number of likely N-dealkylation sites (tertiary alicyclic amines) is 1. The summed E-state index contributed by atoms with van der Waals surface area (Å²) in [6, 6.07) is 0.213. The van der Waals surface area contributed by atoms with Crippen LogP contribution in [0.25, 0.3) is 0 Å². The Kier molecular flexibility index (Phi) is 5.44. The van der Waals surface area contributed by atoms with Crippen LogP contribution in [0.1, 0.15) is 58.8 Å². The van der Waals surface area contributed by atoms with E-state index in [0.717, 1.165) is 58.2 Å². The van der Waals surface area contributed by atoms with Gasteiger partial charge in [-0.1, -0.05) is 20.3 Å². The summed E-state index contributed by atoms with van der Waals surface area (Å²) in [5.74, 6) is 0.241. The molecule has 0 aromatic heterocycles. The molecular formula is C16H30N2O2. The maximum absolute atomic E-state index is 12.5. The smallest absolute Gasteiger partial charge is 0.236 e. The molecule has 1 saturated carbocycles. The number of carbonyl (C=O) groups excluding carboxylic acids is 1. The molecular weight excluding hydrogens is 252 g/mol. The largest absolute Gasteiger partial charge is 0.388 e. The third-order valence-electron chi connectivity index (χ3n) is 4.67. The zero-order valence-corrected chi connectivity index (χ0v) is 13.1. The van der Waals surface area contributed by atoms with E-state index in [4.69, 9.17) is 0 Å². The van der Waals surface area contributed by atoms with E-state index in [1.54, 1.807) is 0 Å². The van der Waals surface area contributed by atoms with Crippen LogP contribution in [0.3, 0.4) is 0 Å². The van der Waals surface area contributed by atoms with Gasteiger partial charge < -0.3 is 10.0 Å². The van der Waals surface area contributed by atoms with E-state index in [1.807, 2.05) is 4.90 Å². The number of amides is 1. The molecule has 1 N–H and O–H groups in total. The predicted molar refractivity (Wildman–Crippen MR) is 80.6 cm³/mol. The molecule has 1 atom stereocenters. The van der Waals surface area contributed by atoms with Crippen LogP contribution in [0, 0.1) is 0 Å². The van der Waals surface area contributed by atoms with E-state index < -0.39 is 5.60 Å². The fourth-order valence-corrected chi connectivity index (χ4v) is 3.42. The Morgan fingerprint density at radius 2 is 1.90 bits per heavy atom. The Labute approximate surface area is 123 Å². The van der Waals surface area contributed by atoms with E-state index >= 15 is 0 Å². The van der Waals surface area contributed by atoms with Crippen molar-refractivity contribution in [3.63, 3.8) is 0 Å². The van der Waals surface area contributed by atoms with Crippen LogP contribution >= 0.6 is 0 Å². The van der Waals surface area contributed by atoms with Crippen molar-refractivity contribution in [2.24, 2.45) is 0 Å². The van der Waals surface area contributed by atoms with E-state index in [-0.39, 0.29) is 11.9 Å². The van der Waals surface area contributed by atoms with Gasteiger partial charge in [-0.3, -0.25) is 9.69 Å². The molecule has 4 nitrogen and oxygen atoms in total. The summed E-state index contributed by atoms with van der Waals surface area (Å²) in [7, 11) is 0. The second-order valence-electron chi connectivity index (χ2n) is 6.47. The molecule has 1 heterocycles. The number of nitrogens with zero attached hydrogens (tertiary/aromatic N) is 2. The van der Waals surface area contributed by atoms with Crippen LogP contribution in [0.5, 0.6) is 0 Å². The summed E-state index contributed by atoms with van der Waals surface area (Å²) in [5.41, 5.74) is -0.485. The number of hydrogen-bond acceptors (Lipinski definition) is 3. The standard InChI is InChI=1S/C16H30N2O2/c1-3-10-17(11-4-2)15(19)13-18-12-6-5-7-14(18)16(20)8-9-16/h14,20H,3-13H2,1-2H3. The van der Waals surface area contributed by atoms with Crippen molar-refractivity contribution in [2.45, 2.75) is 70.4 Å². The number of piperidine rings is 1. The Bertz CT molecular complexity index is 322. The molecule has 0 radical (unpaired) electrons. The highest BCUT2D eigenvalue weighted by Crippen LogP contribution is 2.43. The van der Waals surface area contributed by atoms with Gasteiger partial charge in [-0.25, -0.2) is 0 Å². The maximum Gasteiger partial charge on any atom is 0.236 e. The molecule has 20 heavy (non-hydrogen) atoms. The summed E-state index contributed by atoms with van der Waals surface area (Å²) in [4.78, 5) is 16.7. The molecule has 1 unspecified atom stereocenters. The van der Waals surface area contributed by atoms with E-state index in [1.165, 1.54) is 6.42 Å². The fourth-order valence-electron chi connectivity index (χ4n) is 3.42. The van der Waals surface area contributed by atoms with Crippen LogP contribution in [-0.4, -0.2) is 58.6 Å². The Hall–Kier alpha value is -0.610. The highest BCUT2D eigenvalue weighted by Gasteiger charge is 2.50. The average molecular weight is 282 g/mol. The van der Waals surface area contributed by atoms with E-state index in [9.17, 15) is 9.90 Å². The van der Waals surface area contributed by atoms with Crippen molar-refractivity contribution in [3.05, 3.63) is 0 Å². The Morgan fingerprint density at radius 3 is 2.45 bits per heavy atom. The molecule has 116 valence electrons. The van der Waals surface area contributed by atoms with E-state index in [2.05, 4.69) is 18.7 Å². The fraction of sp³-hybridized carbons (Fsp3) is 0.938. The first-order valence-electron chi connectivity index (χ1n) is 8.35. The lowest BCUT2D eigenvalue weighted by atomic mass is 9.95. The first-order valence-corrected chi connectivity index (χ1v) is 8.35. The van der Waals surface area contributed by atoms with Crippen molar-refractivity contribution in [3.8, 4) is 0 Å². The summed E-state index contributed by atoms with van der Waals surface area (Å²) >= 11 is 0. The first-order chi connectivity index (χ1) is 9.60. The van der Waals surface area contributed by atoms with Gasteiger partial charge in [0.1, 0.15) is 0 Å². The molecule has 0 spiro atoms. The predicted octanol–water partition coefficient (Wildman–Crippen LogP) is 2.01. The third kappa shape index (κ3) is 3.73. The van der Waals surface area contributed by atoms with Gasteiger partial charge in [0, 0.05) is 19.1 Å². The van der Waals surface area contributed by atoms with Crippen molar-refractivity contribution in [1.29, 1.82) is 0 Å². The number of aliphatic hydroxyl groups is 1.